The number of anilines is 1. The van der Waals surface area contributed by atoms with Crippen LogP contribution in [0.1, 0.15) is 63.0 Å². The van der Waals surface area contributed by atoms with Crippen molar-refractivity contribution in [2.75, 3.05) is 26.0 Å². The smallest absolute Gasteiger partial charge is 0.407 e. The molecule has 2 amide bonds. The summed E-state index contributed by atoms with van der Waals surface area (Å²) in [6.07, 6.45) is 2.72. The number of aliphatic hydroxyl groups is 1. The zero-order chi connectivity index (χ0) is 31.9. The summed E-state index contributed by atoms with van der Waals surface area (Å²) in [6, 6.07) is 24.8. The second kappa shape index (κ2) is 18.2. The van der Waals surface area contributed by atoms with E-state index in [1.807, 2.05) is 78.8 Å². The molecule has 3 aromatic carbocycles. The topological polar surface area (TPSA) is 134 Å². The zero-order valence-corrected chi connectivity index (χ0v) is 26.7. The number of nitrogens with one attached hydrogen (secondary N) is 2. The van der Waals surface area contributed by atoms with Gasteiger partial charge in [0, 0.05) is 30.2 Å². The Hall–Kier alpha value is -3.73. The number of nitrogen functional groups attached to an aromatic ring is 1. The minimum atomic E-state index is -1.44. The number of hydrogen-bond donors (Lipinski definition) is 4. The van der Waals surface area contributed by atoms with Crippen molar-refractivity contribution in [3.05, 3.63) is 96.1 Å². The van der Waals surface area contributed by atoms with E-state index in [4.69, 9.17) is 10.5 Å². The Morgan fingerprint density at radius 1 is 0.909 bits per heavy atom. The Morgan fingerprint density at radius 3 is 2.00 bits per heavy atom. The number of carbonyl (C=O) groups excluding carboxylic acids is 2. The van der Waals surface area contributed by atoms with Crippen molar-refractivity contribution >= 4 is 28.7 Å². The summed E-state index contributed by atoms with van der Waals surface area (Å²) in [4.78, 5) is 27.0. The standard InChI is InChI=1S/C34H46N4O5S/c1-4-23-38(44(42)30-21-19-27(35)20-22-30)29(24-39)18-12-17-28(5-2)36-33(40)32(37-34(41)43-3)31(25-13-8-6-9-14-25)26-15-10-7-11-16-26/h6-11,13-16,19-22,28-29,31-32,39H,4-5,12,17-18,23-24,35H2,1-3H3,(H,36,40)(H,37,41). The average Bonchev–Trinajstić information content (AvgIpc) is 3.05. The van der Waals surface area contributed by atoms with Gasteiger partial charge in [-0.15, -0.1) is 0 Å². The lowest BCUT2D eigenvalue weighted by atomic mass is 9.84. The maximum absolute atomic E-state index is 13.9. The van der Waals surface area contributed by atoms with Gasteiger partial charge in [0.2, 0.25) is 5.91 Å². The van der Waals surface area contributed by atoms with Crippen LogP contribution in [0.25, 0.3) is 0 Å². The van der Waals surface area contributed by atoms with Crippen LogP contribution in [0, 0.1) is 0 Å². The van der Waals surface area contributed by atoms with Gasteiger partial charge in [0.05, 0.1) is 18.6 Å². The van der Waals surface area contributed by atoms with Crippen LogP contribution in [-0.4, -0.2) is 64.0 Å². The first-order valence-electron chi connectivity index (χ1n) is 15.2. The van der Waals surface area contributed by atoms with Gasteiger partial charge in [0.1, 0.15) is 17.0 Å². The van der Waals surface area contributed by atoms with Crippen LogP contribution in [-0.2, 0) is 20.5 Å². The van der Waals surface area contributed by atoms with Crippen LogP contribution in [0.5, 0.6) is 0 Å². The summed E-state index contributed by atoms with van der Waals surface area (Å²) in [7, 11) is -0.167. The number of carbonyl (C=O) groups is 2. The minimum Gasteiger partial charge on any atom is -0.453 e. The second-order valence-electron chi connectivity index (χ2n) is 10.8. The summed E-state index contributed by atoms with van der Waals surface area (Å²) in [5, 5.41) is 16.2. The Morgan fingerprint density at radius 2 is 1.50 bits per heavy atom. The molecule has 0 spiro atoms. The maximum Gasteiger partial charge on any atom is 0.407 e. The quantitative estimate of drug-likeness (QED) is 0.157. The fraction of sp³-hybridized carbons (Fsp3) is 0.412. The second-order valence-corrected chi connectivity index (χ2v) is 12.2. The fourth-order valence-electron chi connectivity index (χ4n) is 5.32. The van der Waals surface area contributed by atoms with E-state index in [1.54, 1.807) is 24.3 Å². The highest BCUT2D eigenvalue weighted by Gasteiger charge is 2.34. The van der Waals surface area contributed by atoms with Crippen molar-refractivity contribution in [3.8, 4) is 0 Å². The van der Waals surface area contributed by atoms with Crippen molar-refractivity contribution < 1.29 is 23.6 Å². The van der Waals surface area contributed by atoms with Crippen LogP contribution in [0.4, 0.5) is 10.5 Å². The van der Waals surface area contributed by atoms with Gasteiger partial charge in [-0.1, -0.05) is 74.5 Å². The van der Waals surface area contributed by atoms with E-state index < -0.39 is 29.0 Å². The molecule has 44 heavy (non-hydrogen) atoms. The first-order valence-corrected chi connectivity index (χ1v) is 16.3. The molecule has 0 aliphatic carbocycles. The molecule has 0 aliphatic heterocycles. The molecule has 10 heteroatoms. The SMILES string of the molecule is CCCN(C(CO)CCCC(CC)NC(=O)C(NC(=O)OC)C(c1ccccc1)c1ccccc1)S(=O)c1ccc(N)cc1. The molecule has 0 aromatic heterocycles. The number of nitrogens with two attached hydrogens (primary N) is 1. The number of benzene rings is 3. The van der Waals surface area contributed by atoms with E-state index in [0.29, 0.717) is 42.8 Å². The van der Waals surface area contributed by atoms with E-state index in [9.17, 15) is 18.9 Å². The van der Waals surface area contributed by atoms with Crippen LogP contribution in [0.2, 0.25) is 0 Å². The van der Waals surface area contributed by atoms with Crippen LogP contribution >= 0.6 is 0 Å². The molecular weight excluding hydrogens is 576 g/mol. The van der Waals surface area contributed by atoms with Crippen molar-refractivity contribution in [1.82, 2.24) is 14.9 Å². The number of rotatable bonds is 17. The summed E-state index contributed by atoms with van der Waals surface area (Å²) >= 11 is 0. The van der Waals surface area contributed by atoms with Gasteiger partial charge in [0.15, 0.2) is 0 Å². The first-order chi connectivity index (χ1) is 21.3. The average molecular weight is 623 g/mol. The first kappa shape index (κ1) is 34.8. The molecule has 3 rings (SSSR count). The van der Waals surface area contributed by atoms with Gasteiger partial charge in [-0.05, 0) is 67.5 Å². The van der Waals surface area contributed by atoms with Gasteiger partial charge < -0.3 is 26.2 Å². The van der Waals surface area contributed by atoms with Crippen molar-refractivity contribution in [2.24, 2.45) is 0 Å². The van der Waals surface area contributed by atoms with Crippen molar-refractivity contribution in [3.63, 3.8) is 0 Å². The largest absolute Gasteiger partial charge is 0.453 e. The van der Waals surface area contributed by atoms with E-state index >= 15 is 0 Å². The highest BCUT2D eigenvalue weighted by Crippen LogP contribution is 2.29. The molecule has 0 heterocycles. The Labute approximate surface area is 263 Å². The highest BCUT2D eigenvalue weighted by atomic mass is 32.2. The summed E-state index contributed by atoms with van der Waals surface area (Å²) in [6.45, 7) is 4.45. The number of aliphatic hydroxyl groups excluding tert-OH is 1. The molecule has 0 aliphatic rings. The monoisotopic (exact) mass is 622 g/mol. The summed E-state index contributed by atoms with van der Waals surface area (Å²) in [5.41, 5.74) is 8.18. The van der Waals surface area contributed by atoms with Crippen LogP contribution in [0.15, 0.2) is 89.8 Å². The number of nitrogens with zero attached hydrogens (tertiary/aromatic N) is 1. The number of amides is 2. The molecule has 0 saturated heterocycles. The van der Waals surface area contributed by atoms with Gasteiger partial charge in [-0.3, -0.25) is 4.79 Å². The lowest BCUT2D eigenvalue weighted by molar-refractivity contribution is -0.124. The molecule has 0 fully saturated rings. The summed E-state index contributed by atoms with van der Waals surface area (Å²) in [5.74, 6) is -0.755. The molecule has 0 radical (unpaired) electrons. The number of methoxy groups -OCH3 is 1. The fourth-order valence-corrected chi connectivity index (χ4v) is 6.75. The van der Waals surface area contributed by atoms with Crippen molar-refractivity contribution in [1.29, 1.82) is 0 Å². The lowest BCUT2D eigenvalue weighted by Crippen LogP contribution is -2.52. The third-order valence-electron chi connectivity index (χ3n) is 7.68. The molecule has 4 atom stereocenters. The third-order valence-corrected chi connectivity index (χ3v) is 9.26. The van der Waals surface area contributed by atoms with E-state index in [2.05, 4.69) is 10.6 Å². The molecular formula is C34H46N4O5S. The maximum atomic E-state index is 13.9. The van der Waals surface area contributed by atoms with Crippen LogP contribution in [0.3, 0.4) is 0 Å². The minimum absolute atomic E-state index is 0.134. The Bertz CT molecular complexity index is 1270. The van der Waals surface area contributed by atoms with Gasteiger partial charge in [-0.25, -0.2) is 13.3 Å². The Kier molecular flexibility index (Phi) is 14.3. The number of alkyl carbamates (subject to hydrolysis) is 1. The molecule has 5 N–H and O–H groups in total. The molecule has 0 saturated carbocycles. The molecule has 0 bridgehead atoms. The predicted octanol–water partition coefficient (Wildman–Crippen LogP) is 4.99. The van der Waals surface area contributed by atoms with Crippen LogP contribution < -0.4 is 16.4 Å². The lowest BCUT2D eigenvalue weighted by Gasteiger charge is -2.31. The molecule has 238 valence electrons. The zero-order valence-electron chi connectivity index (χ0n) is 25.9. The van der Waals surface area contributed by atoms with Gasteiger partial charge >= 0.3 is 6.09 Å². The Balaban J connectivity index is 1.74. The number of ether oxygens (including phenoxy) is 1. The number of hydrogen-bond acceptors (Lipinski definition) is 6. The normalized spacial score (nSPS) is 14.0. The molecule has 3 aromatic rings. The summed E-state index contributed by atoms with van der Waals surface area (Å²) < 4.78 is 20.2. The predicted molar refractivity (Wildman–Crippen MR) is 175 cm³/mol. The van der Waals surface area contributed by atoms with E-state index in [1.165, 1.54) is 7.11 Å². The highest BCUT2D eigenvalue weighted by molar-refractivity contribution is 7.82. The van der Waals surface area contributed by atoms with Crippen molar-refractivity contribution in [2.45, 2.75) is 74.9 Å². The van der Waals surface area contributed by atoms with Gasteiger partial charge in [-0.2, -0.15) is 0 Å². The molecule has 9 nitrogen and oxygen atoms in total. The third kappa shape index (κ3) is 9.90. The van der Waals surface area contributed by atoms with Gasteiger partial charge in [0.25, 0.3) is 0 Å². The molecule has 4 unspecified atom stereocenters. The van der Waals surface area contributed by atoms with E-state index in [-0.39, 0.29) is 24.6 Å². The van der Waals surface area contributed by atoms with E-state index in [0.717, 1.165) is 17.5 Å².